The molecule has 0 aromatic heterocycles. The van der Waals surface area contributed by atoms with Crippen LogP contribution in [0.5, 0.6) is 0 Å². The Balaban J connectivity index is 2.40. The molecule has 1 aliphatic heterocycles. The first-order valence-electron chi connectivity index (χ1n) is 3.77. The second-order valence-electron chi connectivity index (χ2n) is 2.65. The van der Waals surface area contributed by atoms with E-state index in [1.54, 1.807) is 0 Å². The number of amides is 2. The van der Waals surface area contributed by atoms with Gasteiger partial charge in [0.2, 0.25) is 12.3 Å². The van der Waals surface area contributed by atoms with Crippen molar-refractivity contribution in [2.24, 2.45) is 0 Å². The summed E-state index contributed by atoms with van der Waals surface area (Å²) < 4.78 is 4.43. The lowest BCUT2D eigenvalue weighted by molar-refractivity contribution is -0.158. The van der Waals surface area contributed by atoms with Gasteiger partial charge in [0.1, 0.15) is 0 Å². The summed E-state index contributed by atoms with van der Waals surface area (Å²) in [5.41, 5.74) is 2.21. The third kappa shape index (κ3) is 1.95. The fourth-order valence-corrected chi connectivity index (χ4v) is 1.16. The van der Waals surface area contributed by atoms with Gasteiger partial charge in [-0.2, -0.15) is 0 Å². The molecule has 1 fully saturated rings. The number of β-lactam (4-membered cyclic amide) rings is 1. The normalized spacial score (nSPS) is 20.5. The molecule has 6 heteroatoms. The number of nitrogens with one attached hydrogen (secondary N) is 1. The van der Waals surface area contributed by atoms with E-state index in [0.717, 1.165) is 5.01 Å². The molecule has 13 heavy (non-hydrogen) atoms. The minimum absolute atomic E-state index is 0.114. The summed E-state index contributed by atoms with van der Waals surface area (Å²) in [6, 6.07) is -0.259. The van der Waals surface area contributed by atoms with Crippen molar-refractivity contribution in [2.75, 3.05) is 7.11 Å². The fourth-order valence-electron chi connectivity index (χ4n) is 1.16. The molecule has 0 saturated carbocycles. The van der Waals surface area contributed by atoms with Crippen LogP contribution in [0.2, 0.25) is 0 Å². The number of carbonyl (C=O) groups excluding carboxylic acids is 3. The molecule has 1 heterocycles. The number of hydrazine groups is 1. The van der Waals surface area contributed by atoms with Gasteiger partial charge in [-0.1, -0.05) is 0 Å². The highest BCUT2D eigenvalue weighted by molar-refractivity contribution is 5.85. The second-order valence-corrected chi connectivity index (χ2v) is 2.65. The highest BCUT2D eigenvalue weighted by Crippen LogP contribution is 2.19. The monoisotopic (exact) mass is 186 g/mol. The molecule has 1 atom stereocenters. The smallest absolute Gasteiger partial charge is 0.307 e. The molecule has 1 unspecified atom stereocenters. The molecular formula is C7H10N2O4. The van der Waals surface area contributed by atoms with E-state index in [2.05, 4.69) is 10.2 Å². The van der Waals surface area contributed by atoms with Gasteiger partial charge in [0.05, 0.1) is 26.0 Å². The molecule has 72 valence electrons. The van der Waals surface area contributed by atoms with Crippen LogP contribution in [-0.4, -0.2) is 36.4 Å². The molecule has 1 rings (SSSR count). The number of rotatable bonds is 4. The summed E-state index contributed by atoms with van der Waals surface area (Å²) in [6.45, 7) is 0. The third-order valence-corrected chi connectivity index (χ3v) is 1.87. The van der Waals surface area contributed by atoms with Crippen molar-refractivity contribution in [3.05, 3.63) is 0 Å². The van der Waals surface area contributed by atoms with Crippen molar-refractivity contribution in [1.82, 2.24) is 10.4 Å². The van der Waals surface area contributed by atoms with E-state index in [9.17, 15) is 14.4 Å². The highest BCUT2D eigenvalue weighted by atomic mass is 16.5. The SMILES string of the molecule is COC(=O)CC1CC(=O)N1NC=O. The second kappa shape index (κ2) is 3.88. The zero-order chi connectivity index (χ0) is 9.84. The third-order valence-electron chi connectivity index (χ3n) is 1.87. The Morgan fingerprint density at radius 1 is 1.85 bits per heavy atom. The Bertz CT molecular complexity index is 241. The summed E-state index contributed by atoms with van der Waals surface area (Å²) in [5, 5.41) is 1.13. The quantitative estimate of drug-likeness (QED) is 0.340. The molecule has 0 aromatic carbocycles. The maximum atomic E-state index is 10.9. The van der Waals surface area contributed by atoms with Crippen LogP contribution in [0, 0.1) is 0 Å². The number of hydrogen-bond donors (Lipinski definition) is 1. The number of nitrogens with zero attached hydrogens (tertiary/aromatic N) is 1. The lowest BCUT2D eigenvalue weighted by Crippen LogP contribution is -2.59. The van der Waals surface area contributed by atoms with E-state index in [-0.39, 0.29) is 24.8 Å². The zero-order valence-corrected chi connectivity index (χ0v) is 7.15. The van der Waals surface area contributed by atoms with Gasteiger partial charge < -0.3 is 4.74 Å². The van der Waals surface area contributed by atoms with Gasteiger partial charge in [0.15, 0.2) is 0 Å². The lowest BCUT2D eigenvalue weighted by Gasteiger charge is -2.38. The van der Waals surface area contributed by atoms with Crippen LogP contribution >= 0.6 is 0 Å². The predicted octanol–water partition coefficient (Wildman–Crippen LogP) is -1.19. The van der Waals surface area contributed by atoms with Gasteiger partial charge in [0, 0.05) is 0 Å². The molecule has 0 spiro atoms. The fraction of sp³-hybridized carbons (Fsp3) is 0.571. The Kier molecular flexibility index (Phi) is 2.84. The molecular weight excluding hydrogens is 176 g/mol. The molecule has 1 saturated heterocycles. The minimum atomic E-state index is -0.393. The number of esters is 1. The van der Waals surface area contributed by atoms with E-state index in [0.29, 0.717) is 6.41 Å². The van der Waals surface area contributed by atoms with Crippen LogP contribution in [0.1, 0.15) is 12.8 Å². The number of hydrogen-bond acceptors (Lipinski definition) is 4. The van der Waals surface area contributed by atoms with Crippen molar-refractivity contribution in [3.63, 3.8) is 0 Å². The van der Waals surface area contributed by atoms with Crippen LogP contribution in [0.3, 0.4) is 0 Å². The molecule has 1 N–H and O–H groups in total. The summed E-state index contributed by atoms with van der Waals surface area (Å²) in [7, 11) is 1.28. The van der Waals surface area contributed by atoms with E-state index in [1.165, 1.54) is 7.11 Å². The van der Waals surface area contributed by atoms with Gasteiger partial charge in [-0.05, 0) is 0 Å². The van der Waals surface area contributed by atoms with Gasteiger partial charge in [-0.3, -0.25) is 24.8 Å². The highest BCUT2D eigenvalue weighted by Gasteiger charge is 2.37. The molecule has 0 aliphatic carbocycles. The largest absolute Gasteiger partial charge is 0.469 e. The number of methoxy groups -OCH3 is 1. The summed E-state index contributed by atoms with van der Waals surface area (Å²) in [6.07, 6.45) is 0.792. The maximum Gasteiger partial charge on any atom is 0.307 e. The Hall–Kier alpha value is -1.59. The minimum Gasteiger partial charge on any atom is -0.469 e. The average Bonchev–Trinajstić information content (AvgIpc) is 2.13. The standard InChI is InChI=1S/C7H10N2O4/c1-13-7(12)3-5-2-6(11)9(5)8-4-10/h4-5H,2-3H2,1H3,(H,8,10). The van der Waals surface area contributed by atoms with Crippen molar-refractivity contribution in [2.45, 2.75) is 18.9 Å². The van der Waals surface area contributed by atoms with E-state index in [4.69, 9.17) is 0 Å². The lowest BCUT2D eigenvalue weighted by atomic mass is 10.0. The zero-order valence-electron chi connectivity index (χ0n) is 7.15. The van der Waals surface area contributed by atoms with Gasteiger partial charge in [-0.15, -0.1) is 0 Å². The van der Waals surface area contributed by atoms with Crippen molar-refractivity contribution in [1.29, 1.82) is 0 Å². The van der Waals surface area contributed by atoms with E-state index in [1.807, 2.05) is 0 Å². The Morgan fingerprint density at radius 2 is 2.54 bits per heavy atom. The van der Waals surface area contributed by atoms with E-state index < -0.39 is 5.97 Å². The van der Waals surface area contributed by atoms with Crippen molar-refractivity contribution < 1.29 is 19.1 Å². The van der Waals surface area contributed by atoms with Crippen LogP contribution in [-0.2, 0) is 19.1 Å². The first kappa shape index (κ1) is 9.50. The van der Waals surface area contributed by atoms with E-state index >= 15 is 0 Å². The van der Waals surface area contributed by atoms with Gasteiger partial charge >= 0.3 is 5.97 Å². The average molecular weight is 186 g/mol. The van der Waals surface area contributed by atoms with Gasteiger partial charge in [0.25, 0.3) is 0 Å². The molecule has 2 amide bonds. The van der Waals surface area contributed by atoms with Crippen LogP contribution < -0.4 is 5.43 Å². The van der Waals surface area contributed by atoms with Crippen LogP contribution in [0.4, 0.5) is 0 Å². The predicted molar refractivity (Wildman–Crippen MR) is 41.1 cm³/mol. The molecule has 0 bridgehead atoms. The number of ether oxygens (including phenoxy) is 1. The summed E-state index contributed by atoms with van der Waals surface area (Å²) in [5.74, 6) is -0.587. The van der Waals surface area contributed by atoms with Gasteiger partial charge in [-0.25, -0.2) is 0 Å². The Morgan fingerprint density at radius 3 is 3.00 bits per heavy atom. The van der Waals surface area contributed by atoms with Crippen molar-refractivity contribution >= 4 is 18.3 Å². The first-order chi connectivity index (χ1) is 6.19. The molecule has 0 radical (unpaired) electrons. The maximum absolute atomic E-state index is 10.9. The topological polar surface area (TPSA) is 75.7 Å². The van der Waals surface area contributed by atoms with Crippen molar-refractivity contribution in [3.8, 4) is 0 Å². The molecule has 6 nitrogen and oxygen atoms in total. The van der Waals surface area contributed by atoms with Crippen LogP contribution in [0.15, 0.2) is 0 Å². The van der Waals surface area contributed by atoms with Crippen LogP contribution in [0.25, 0.3) is 0 Å². The first-order valence-corrected chi connectivity index (χ1v) is 3.77. The molecule has 0 aromatic rings. The molecule has 1 aliphatic rings. The number of carbonyl (C=O) groups is 3. The summed E-state index contributed by atoms with van der Waals surface area (Å²) in [4.78, 5) is 31.7. The Labute approximate surface area is 74.8 Å². The summed E-state index contributed by atoms with van der Waals surface area (Å²) >= 11 is 0.